The Morgan fingerprint density at radius 2 is 2.08 bits per heavy atom. The van der Waals surface area contributed by atoms with Crippen LogP contribution in [-0.2, 0) is 5.75 Å². The molecule has 6 heteroatoms. The van der Waals surface area contributed by atoms with E-state index in [9.17, 15) is 9.18 Å². The molecule has 0 atom stereocenters. The molecule has 1 aliphatic rings. The maximum absolute atomic E-state index is 13.0. The quantitative estimate of drug-likeness (QED) is 0.851. The molecule has 0 N–H and O–H groups in total. The molecule has 0 saturated heterocycles. The van der Waals surface area contributed by atoms with Gasteiger partial charge in [-0.2, -0.15) is 0 Å². The Morgan fingerprint density at radius 1 is 1.29 bits per heavy atom. The summed E-state index contributed by atoms with van der Waals surface area (Å²) in [5.74, 6) is 0.951. The molecule has 0 bridgehead atoms. The van der Waals surface area contributed by atoms with Crippen molar-refractivity contribution in [2.75, 3.05) is 20.2 Å². The number of carbonyl (C=O) groups is 1. The Morgan fingerprint density at radius 3 is 2.83 bits per heavy atom. The largest absolute Gasteiger partial charge is 0.497 e. The number of rotatable bonds is 4. The molecule has 4 nitrogen and oxygen atoms in total. The monoisotopic (exact) mass is 344 g/mol. The van der Waals surface area contributed by atoms with Crippen molar-refractivity contribution in [3.05, 3.63) is 65.5 Å². The van der Waals surface area contributed by atoms with Crippen LogP contribution in [-0.4, -0.2) is 36.2 Å². The molecule has 1 heterocycles. The Hall–Kier alpha value is -2.34. The number of halogens is 1. The highest BCUT2D eigenvalue weighted by atomic mass is 32.2. The smallest absolute Gasteiger partial charge is 0.260 e. The normalized spacial score (nSPS) is 13.8. The fraction of sp³-hybridized carbons (Fsp3) is 0.222. The van der Waals surface area contributed by atoms with Crippen molar-refractivity contribution in [2.24, 2.45) is 4.99 Å². The first kappa shape index (κ1) is 16.5. The number of benzene rings is 2. The maximum atomic E-state index is 13.0. The zero-order valence-electron chi connectivity index (χ0n) is 13.2. The summed E-state index contributed by atoms with van der Waals surface area (Å²) in [7, 11) is 1.57. The molecular weight excluding hydrogens is 327 g/mol. The van der Waals surface area contributed by atoms with Crippen molar-refractivity contribution in [3.8, 4) is 5.75 Å². The molecule has 2 aromatic carbocycles. The number of nitrogens with zero attached hydrogens (tertiary/aromatic N) is 2. The summed E-state index contributed by atoms with van der Waals surface area (Å²) in [4.78, 5) is 18.8. The van der Waals surface area contributed by atoms with Crippen LogP contribution in [0.2, 0.25) is 0 Å². The van der Waals surface area contributed by atoms with Crippen LogP contribution in [0.3, 0.4) is 0 Å². The predicted octanol–water partition coefficient (Wildman–Crippen LogP) is 3.58. The molecule has 1 aliphatic heterocycles. The number of amidine groups is 1. The lowest BCUT2D eigenvalue weighted by molar-refractivity contribution is 0.0860. The predicted molar refractivity (Wildman–Crippen MR) is 94.0 cm³/mol. The number of amides is 1. The minimum atomic E-state index is -0.253. The Labute approximate surface area is 144 Å². The van der Waals surface area contributed by atoms with Gasteiger partial charge >= 0.3 is 0 Å². The number of aliphatic imine (C=N–C) groups is 1. The molecule has 0 fully saturated rings. The summed E-state index contributed by atoms with van der Waals surface area (Å²) < 4.78 is 18.1. The summed E-state index contributed by atoms with van der Waals surface area (Å²) >= 11 is 1.49. The van der Waals surface area contributed by atoms with Crippen molar-refractivity contribution >= 4 is 22.8 Å². The summed E-state index contributed by atoms with van der Waals surface area (Å²) in [5.41, 5.74) is 1.57. The molecule has 0 aliphatic carbocycles. The van der Waals surface area contributed by atoms with Gasteiger partial charge in [0.25, 0.3) is 5.91 Å². The van der Waals surface area contributed by atoms with Crippen LogP contribution in [0.1, 0.15) is 15.9 Å². The van der Waals surface area contributed by atoms with E-state index in [1.807, 2.05) is 0 Å². The second-order valence-corrected chi connectivity index (χ2v) is 6.21. The Balaban J connectivity index is 1.68. The topological polar surface area (TPSA) is 41.9 Å². The van der Waals surface area contributed by atoms with E-state index in [0.29, 0.717) is 35.3 Å². The average Bonchev–Trinajstić information content (AvgIpc) is 3.09. The molecule has 0 spiro atoms. The third-order valence-corrected chi connectivity index (χ3v) is 4.73. The lowest BCUT2D eigenvalue weighted by Crippen LogP contribution is -2.32. The van der Waals surface area contributed by atoms with Gasteiger partial charge in [-0.15, -0.1) is 0 Å². The summed E-state index contributed by atoms with van der Waals surface area (Å²) in [5, 5.41) is 0.701. The van der Waals surface area contributed by atoms with E-state index < -0.39 is 0 Å². The average molecular weight is 344 g/mol. The first-order chi connectivity index (χ1) is 11.7. The first-order valence-corrected chi connectivity index (χ1v) is 8.53. The van der Waals surface area contributed by atoms with Gasteiger partial charge in [0, 0.05) is 17.9 Å². The summed E-state index contributed by atoms with van der Waals surface area (Å²) in [6.07, 6.45) is 0. The van der Waals surface area contributed by atoms with Gasteiger partial charge in [0.15, 0.2) is 5.17 Å². The van der Waals surface area contributed by atoms with Crippen molar-refractivity contribution in [1.29, 1.82) is 0 Å². The molecule has 3 rings (SSSR count). The van der Waals surface area contributed by atoms with Gasteiger partial charge in [-0.1, -0.05) is 30.0 Å². The highest BCUT2D eigenvalue weighted by Crippen LogP contribution is 2.22. The first-order valence-electron chi connectivity index (χ1n) is 7.55. The third kappa shape index (κ3) is 3.76. The van der Waals surface area contributed by atoms with E-state index in [1.165, 1.54) is 23.9 Å². The molecule has 0 unspecified atom stereocenters. The van der Waals surface area contributed by atoms with Crippen molar-refractivity contribution in [2.45, 2.75) is 5.75 Å². The van der Waals surface area contributed by atoms with Crippen LogP contribution in [0.5, 0.6) is 5.75 Å². The summed E-state index contributed by atoms with van der Waals surface area (Å²) in [6.45, 7) is 1.17. The molecular formula is C18H17FN2O2S. The maximum Gasteiger partial charge on any atom is 0.260 e. The molecule has 0 radical (unpaired) electrons. The van der Waals surface area contributed by atoms with Gasteiger partial charge in [-0.3, -0.25) is 14.7 Å². The van der Waals surface area contributed by atoms with Crippen LogP contribution >= 0.6 is 11.8 Å². The fourth-order valence-electron chi connectivity index (χ4n) is 2.38. The van der Waals surface area contributed by atoms with Gasteiger partial charge < -0.3 is 4.74 Å². The highest BCUT2D eigenvalue weighted by Gasteiger charge is 2.25. The van der Waals surface area contributed by atoms with Crippen molar-refractivity contribution < 1.29 is 13.9 Å². The van der Waals surface area contributed by atoms with E-state index in [1.54, 1.807) is 48.4 Å². The molecule has 1 amide bonds. The van der Waals surface area contributed by atoms with E-state index >= 15 is 0 Å². The molecule has 0 saturated carbocycles. The molecule has 124 valence electrons. The third-order valence-electron chi connectivity index (χ3n) is 3.64. The summed E-state index contributed by atoms with van der Waals surface area (Å²) in [6, 6.07) is 13.5. The Kier molecular flexibility index (Phi) is 5.15. The van der Waals surface area contributed by atoms with E-state index in [0.717, 1.165) is 5.56 Å². The lowest BCUT2D eigenvalue weighted by Gasteiger charge is -2.18. The van der Waals surface area contributed by atoms with E-state index in [-0.39, 0.29) is 11.7 Å². The second-order valence-electron chi connectivity index (χ2n) is 5.27. The van der Waals surface area contributed by atoms with Gasteiger partial charge in [0.05, 0.1) is 13.7 Å². The van der Waals surface area contributed by atoms with E-state index in [4.69, 9.17) is 4.74 Å². The number of thioether (sulfide) groups is 1. The van der Waals surface area contributed by atoms with Gasteiger partial charge in [0.1, 0.15) is 11.6 Å². The SMILES string of the molecule is COc1cccc(C(=O)N2CCN=C2SCc2ccc(F)cc2)c1. The Bertz CT molecular complexity index is 762. The molecule has 2 aromatic rings. The molecule has 24 heavy (non-hydrogen) atoms. The van der Waals surface area contributed by atoms with Crippen LogP contribution in [0.15, 0.2) is 53.5 Å². The van der Waals surface area contributed by atoms with Gasteiger partial charge in [-0.05, 0) is 35.9 Å². The van der Waals surface area contributed by atoms with Crippen molar-refractivity contribution in [3.63, 3.8) is 0 Å². The van der Waals surface area contributed by atoms with Crippen LogP contribution in [0, 0.1) is 5.82 Å². The highest BCUT2D eigenvalue weighted by molar-refractivity contribution is 8.13. The molecule has 0 aromatic heterocycles. The van der Waals surface area contributed by atoms with Crippen LogP contribution in [0.25, 0.3) is 0 Å². The number of hydrogen-bond donors (Lipinski definition) is 0. The number of carbonyl (C=O) groups excluding carboxylic acids is 1. The van der Waals surface area contributed by atoms with Gasteiger partial charge in [-0.25, -0.2) is 4.39 Å². The number of hydrogen-bond acceptors (Lipinski definition) is 4. The zero-order valence-corrected chi connectivity index (χ0v) is 14.1. The minimum Gasteiger partial charge on any atom is -0.497 e. The minimum absolute atomic E-state index is 0.0863. The van der Waals surface area contributed by atoms with Crippen molar-refractivity contribution in [1.82, 2.24) is 4.90 Å². The van der Waals surface area contributed by atoms with Crippen LogP contribution in [0.4, 0.5) is 4.39 Å². The second kappa shape index (κ2) is 7.49. The zero-order chi connectivity index (χ0) is 16.9. The number of ether oxygens (including phenoxy) is 1. The lowest BCUT2D eigenvalue weighted by atomic mass is 10.2. The van der Waals surface area contributed by atoms with Gasteiger partial charge in [0.2, 0.25) is 0 Å². The number of methoxy groups -OCH3 is 1. The fourth-order valence-corrected chi connectivity index (χ4v) is 3.38. The van der Waals surface area contributed by atoms with Crippen LogP contribution < -0.4 is 4.74 Å². The standard InChI is InChI=1S/C18H17FN2O2S/c1-23-16-4-2-3-14(11-16)17(22)21-10-9-20-18(21)24-12-13-5-7-15(19)8-6-13/h2-8,11H,9-10,12H2,1H3. The van der Waals surface area contributed by atoms with E-state index in [2.05, 4.69) is 4.99 Å².